The van der Waals surface area contributed by atoms with Gasteiger partial charge in [0.25, 0.3) is 11.7 Å². The van der Waals surface area contributed by atoms with Gasteiger partial charge in [-0.3, -0.25) is 9.59 Å². The number of hydrogen-bond donors (Lipinski definition) is 2. The van der Waals surface area contributed by atoms with E-state index in [-0.39, 0.29) is 44.5 Å². The number of carbonyl (C=O) groups excluding carboxylic acids is 2. The standard InChI is InChI=1S/C24H23Cl2NO6/c1-32-22-15(11-16(25)23(33-2)18(22)26)20(29)17-19(12-7-9-14(28)10-8-12)27(24(31)21(17)30)13-5-3-4-6-13/h7-11,13,19,28-29H,3-6H2,1-2H3/b20-17+. The third-order valence-corrected chi connectivity index (χ3v) is 6.83. The number of aromatic hydroxyl groups is 1. The minimum atomic E-state index is -0.835. The summed E-state index contributed by atoms with van der Waals surface area (Å²) in [7, 11) is 2.75. The first-order valence-electron chi connectivity index (χ1n) is 10.5. The maximum absolute atomic E-state index is 13.2. The van der Waals surface area contributed by atoms with Crippen LogP contribution < -0.4 is 9.47 Å². The number of Topliss-reactive ketones (excluding diaryl/α,β-unsaturated/α-hetero) is 1. The predicted octanol–water partition coefficient (Wildman–Crippen LogP) is 5.08. The molecule has 0 radical (unpaired) electrons. The average molecular weight is 492 g/mol. The highest BCUT2D eigenvalue weighted by Gasteiger charge is 2.49. The normalized spacial score (nSPS) is 20.5. The van der Waals surface area contributed by atoms with Crippen molar-refractivity contribution in [2.45, 2.75) is 37.8 Å². The fraction of sp³-hybridized carbons (Fsp3) is 0.333. The minimum absolute atomic E-state index is 0.0280. The number of likely N-dealkylation sites (tertiary alicyclic amines) is 1. The molecule has 2 aromatic carbocycles. The smallest absolute Gasteiger partial charge is 0.295 e. The van der Waals surface area contributed by atoms with Crippen LogP contribution in [0.3, 0.4) is 0 Å². The van der Waals surface area contributed by atoms with Gasteiger partial charge in [0.2, 0.25) is 0 Å². The third kappa shape index (κ3) is 3.89. The second-order valence-electron chi connectivity index (χ2n) is 8.02. The average Bonchev–Trinajstić information content (AvgIpc) is 3.41. The van der Waals surface area contributed by atoms with Crippen LogP contribution in [0.2, 0.25) is 10.0 Å². The SMILES string of the molecule is COc1c(Cl)cc(/C(O)=C2\C(=O)C(=O)N(C3CCCC3)C2c2ccc(O)cc2)c(OC)c1Cl. The summed E-state index contributed by atoms with van der Waals surface area (Å²) in [6.45, 7) is 0. The number of rotatable bonds is 5. The highest BCUT2D eigenvalue weighted by Crippen LogP contribution is 2.48. The van der Waals surface area contributed by atoms with E-state index in [0.29, 0.717) is 5.56 Å². The van der Waals surface area contributed by atoms with Crippen molar-refractivity contribution in [2.75, 3.05) is 14.2 Å². The van der Waals surface area contributed by atoms with Crippen LogP contribution in [-0.2, 0) is 9.59 Å². The Bertz CT molecular complexity index is 1140. The summed E-state index contributed by atoms with van der Waals surface area (Å²) in [5.41, 5.74) is 0.569. The van der Waals surface area contributed by atoms with Gasteiger partial charge in [-0.2, -0.15) is 0 Å². The van der Waals surface area contributed by atoms with Crippen LogP contribution in [0, 0.1) is 0 Å². The van der Waals surface area contributed by atoms with Crippen molar-refractivity contribution in [2.24, 2.45) is 0 Å². The molecule has 33 heavy (non-hydrogen) atoms. The van der Waals surface area contributed by atoms with Crippen molar-refractivity contribution >= 4 is 40.7 Å². The minimum Gasteiger partial charge on any atom is -0.508 e. The molecule has 1 heterocycles. The van der Waals surface area contributed by atoms with E-state index in [9.17, 15) is 19.8 Å². The number of halogens is 2. The van der Waals surface area contributed by atoms with Crippen LogP contribution >= 0.6 is 23.2 Å². The molecule has 1 atom stereocenters. The molecule has 2 aliphatic rings. The van der Waals surface area contributed by atoms with Gasteiger partial charge in [0.1, 0.15) is 16.5 Å². The second kappa shape index (κ2) is 9.15. The molecule has 0 aromatic heterocycles. The molecule has 1 unspecified atom stereocenters. The summed E-state index contributed by atoms with van der Waals surface area (Å²) in [6.07, 6.45) is 3.44. The summed E-state index contributed by atoms with van der Waals surface area (Å²) in [6, 6.07) is 6.64. The van der Waals surface area contributed by atoms with Crippen molar-refractivity contribution in [1.82, 2.24) is 4.90 Å². The maximum Gasteiger partial charge on any atom is 0.295 e. The number of phenols is 1. The van der Waals surface area contributed by atoms with Crippen LogP contribution in [-0.4, -0.2) is 47.1 Å². The first-order chi connectivity index (χ1) is 15.8. The van der Waals surface area contributed by atoms with E-state index >= 15 is 0 Å². The fourth-order valence-electron chi connectivity index (χ4n) is 4.68. The van der Waals surface area contributed by atoms with E-state index in [2.05, 4.69) is 0 Å². The lowest BCUT2D eigenvalue weighted by Gasteiger charge is -2.30. The summed E-state index contributed by atoms with van der Waals surface area (Å²) >= 11 is 12.7. The molecule has 4 rings (SSSR count). The predicted molar refractivity (Wildman–Crippen MR) is 124 cm³/mol. The summed E-state index contributed by atoms with van der Waals surface area (Å²) in [4.78, 5) is 27.9. The van der Waals surface area contributed by atoms with Gasteiger partial charge in [0.05, 0.1) is 36.4 Å². The molecule has 1 aliphatic heterocycles. The number of aliphatic hydroxyl groups is 1. The van der Waals surface area contributed by atoms with E-state index in [0.717, 1.165) is 25.7 Å². The Hall–Kier alpha value is -2.90. The third-order valence-electron chi connectivity index (χ3n) is 6.20. The zero-order chi connectivity index (χ0) is 23.9. The molecular weight excluding hydrogens is 469 g/mol. The van der Waals surface area contributed by atoms with Gasteiger partial charge in [-0.1, -0.05) is 48.2 Å². The monoisotopic (exact) mass is 491 g/mol. The lowest BCUT2D eigenvalue weighted by atomic mass is 9.94. The van der Waals surface area contributed by atoms with E-state index in [1.165, 1.54) is 32.4 Å². The zero-order valence-electron chi connectivity index (χ0n) is 18.1. The number of ether oxygens (including phenoxy) is 2. The molecule has 9 heteroatoms. The van der Waals surface area contributed by atoms with Crippen molar-refractivity contribution in [1.29, 1.82) is 0 Å². The lowest BCUT2D eigenvalue weighted by molar-refractivity contribution is -0.141. The number of carbonyl (C=O) groups is 2. The van der Waals surface area contributed by atoms with Crippen LogP contribution in [0.25, 0.3) is 5.76 Å². The van der Waals surface area contributed by atoms with Gasteiger partial charge in [-0.05, 0) is 36.6 Å². The van der Waals surface area contributed by atoms with Gasteiger partial charge in [-0.15, -0.1) is 0 Å². The Labute approximate surface area is 201 Å². The Balaban J connectivity index is 1.96. The summed E-state index contributed by atoms with van der Waals surface area (Å²) < 4.78 is 10.6. The number of phenolic OH excluding ortho intramolecular Hbond substituents is 1. The number of ketones is 1. The number of hydrogen-bond acceptors (Lipinski definition) is 6. The first-order valence-corrected chi connectivity index (χ1v) is 11.2. The molecule has 1 saturated heterocycles. The van der Waals surface area contributed by atoms with Gasteiger partial charge in [-0.25, -0.2) is 0 Å². The van der Waals surface area contributed by atoms with Crippen molar-refractivity contribution in [3.63, 3.8) is 0 Å². The number of aliphatic hydroxyl groups excluding tert-OH is 1. The van der Waals surface area contributed by atoms with E-state index in [1.807, 2.05) is 0 Å². The molecule has 7 nitrogen and oxygen atoms in total. The highest BCUT2D eigenvalue weighted by atomic mass is 35.5. The molecule has 1 amide bonds. The van der Waals surface area contributed by atoms with Crippen LogP contribution in [0.1, 0.15) is 42.9 Å². The Morgan fingerprint density at radius 3 is 2.21 bits per heavy atom. The summed E-state index contributed by atoms with van der Waals surface area (Å²) in [5, 5.41) is 21.3. The number of amides is 1. The van der Waals surface area contributed by atoms with E-state index < -0.39 is 23.5 Å². The molecule has 0 bridgehead atoms. The first kappa shape index (κ1) is 23.3. The molecule has 2 N–H and O–H groups in total. The van der Waals surface area contributed by atoms with E-state index in [1.54, 1.807) is 17.0 Å². The van der Waals surface area contributed by atoms with Crippen LogP contribution in [0.15, 0.2) is 35.9 Å². The van der Waals surface area contributed by atoms with E-state index in [4.69, 9.17) is 32.7 Å². The molecule has 1 aliphatic carbocycles. The Morgan fingerprint density at radius 2 is 1.64 bits per heavy atom. The second-order valence-corrected chi connectivity index (χ2v) is 8.81. The maximum atomic E-state index is 13.2. The van der Waals surface area contributed by atoms with Crippen molar-refractivity contribution < 1.29 is 29.3 Å². The number of benzene rings is 2. The zero-order valence-corrected chi connectivity index (χ0v) is 19.6. The largest absolute Gasteiger partial charge is 0.508 e. The van der Waals surface area contributed by atoms with Gasteiger partial charge < -0.3 is 24.6 Å². The summed E-state index contributed by atoms with van der Waals surface area (Å²) in [5.74, 6) is -1.66. The highest BCUT2D eigenvalue weighted by molar-refractivity contribution is 6.47. The number of nitrogens with zero attached hydrogens (tertiary/aromatic N) is 1. The van der Waals surface area contributed by atoms with Crippen LogP contribution in [0.4, 0.5) is 0 Å². The Morgan fingerprint density at radius 1 is 1.03 bits per heavy atom. The van der Waals surface area contributed by atoms with Crippen molar-refractivity contribution in [3.8, 4) is 17.2 Å². The fourth-order valence-corrected chi connectivity index (χ4v) is 5.37. The molecule has 2 fully saturated rings. The van der Waals surface area contributed by atoms with Crippen LogP contribution in [0.5, 0.6) is 17.2 Å². The molecular formula is C24H23Cl2NO6. The Kier molecular flexibility index (Phi) is 6.45. The molecule has 2 aromatic rings. The van der Waals surface area contributed by atoms with Gasteiger partial charge >= 0.3 is 0 Å². The van der Waals surface area contributed by atoms with Gasteiger partial charge in [0, 0.05) is 6.04 Å². The topological polar surface area (TPSA) is 96.3 Å². The quantitative estimate of drug-likeness (QED) is 0.343. The lowest BCUT2D eigenvalue weighted by Crippen LogP contribution is -2.37. The molecule has 1 saturated carbocycles. The van der Waals surface area contributed by atoms with Gasteiger partial charge in [0.15, 0.2) is 11.5 Å². The van der Waals surface area contributed by atoms with Crippen molar-refractivity contribution in [3.05, 3.63) is 57.1 Å². The molecule has 174 valence electrons. The molecule has 0 spiro atoms. The number of methoxy groups -OCH3 is 2.